The molecule has 1 heterocycles. The predicted octanol–water partition coefficient (Wildman–Crippen LogP) is -0.337. The van der Waals surface area contributed by atoms with Gasteiger partial charge in [0.1, 0.15) is 6.04 Å². The fraction of sp³-hybridized carbons (Fsp3) is 0.375. The van der Waals surface area contributed by atoms with Crippen molar-refractivity contribution in [2.45, 2.75) is 13.0 Å². The van der Waals surface area contributed by atoms with Crippen LogP contribution in [0.15, 0.2) is 11.1 Å². The molecule has 1 aromatic heterocycles. The lowest BCUT2D eigenvalue weighted by Gasteiger charge is -2.11. The van der Waals surface area contributed by atoms with E-state index in [9.17, 15) is 9.59 Å². The summed E-state index contributed by atoms with van der Waals surface area (Å²) in [6.07, 6.45) is 1.17. The maximum atomic E-state index is 11.2. The van der Waals surface area contributed by atoms with Crippen LogP contribution in [-0.2, 0) is 4.79 Å². The van der Waals surface area contributed by atoms with E-state index in [1.54, 1.807) is 0 Å². The zero-order chi connectivity index (χ0) is 11.4. The van der Waals surface area contributed by atoms with Crippen LogP contribution >= 0.6 is 0 Å². The number of aliphatic carboxylic acids is 1. The third-order valence-electron chi connectivity index (χ3n) is 1.74. The highest BCUT2D eigenvalue weighted by molar-refractivity contribution is 5.76. The summed E-state index contributed by atoms with van der Waals surface area (Å²) in [7, 11) is 1.31. The molecule has 1 aromatic rings. The van der Waals surface area contributed by atoms with Crippen molar-refractivity contribution >= 4 is 11.8 Å². The highest BCUT2D eigenvalue weighted by atomic mass is 16.5. The number of anilines is 1. The highest BCUT2D eigenvalue weighted by Gasteiger charge is 2.15. The molecule has 0 radical (unpaired) electrons. The first-order valence-electron chi connectivity index (χ1n) is 4.17. The first kappa shape index (κ1) is 11.0. The summed E-state index contributed by atoms with van der Waals surface area (Å²) in [5.74, 6) is -0.971. The van der Waals surface area contributed by atoms with Crippen LogP contribution in [0.1, 0.15) is 6.92 Å². The van der Waals surface area contributed by atoms with Crippen LogP contribution in [0.2, 0.25) is 0 Å². The van der Waals surface area contributed by atoms with Gasteiger partial charge < -0.3 is 20.1 Å². The molecule has 15 heavy (non-hydrogen) atoms. The molecule has 0 saturated heterocycles. The van der Waals surface area contributed by atoms with Gasteiger partial charge in [-0.1, -0.05) is 0 Å². The second-order valence-electron chi connectivity index (χ2n) is 2.82. The van der Waals surface area contributed by atoms with E-state index >= 15 is 0 Å². The van der Waals surface area contributed by atoms with E-state index in [0.29, 0.717) is 0 Å². The van der Waals surface area contributed by atoms with E-state index in [-0.39, 0.29) is 11.6 Å². The Kier molecular flexibility index (Phi) is 3.27. The molecule has 0 bridgehead atoms. The standard InChI is InChI=1S/C8H11N3O4/c1-4(8(13)14)11-6-5(15-2)7(12)10-3-9-6/h3-4H,1-2H3,(H,13,14)(H2,9,10,11,12). The van der Waals surface area contributed by atoms with Gasteiger partial charge in [-0.25, -0.2) is 4.98 Å². The van der Waals surface area contributed by atoms with E-state index in [1.165, 1.54) is 20.4 Å². The number of hydrogen-bond donors (Lipinski definition) is 3. The largest absolute Gasteiger partial charge is 0.489 e. The molecule has 0 fully saturated rings. The quantitative estimate of drug-likeness (QED) is 0.632. The maximum absolute atomic E-state index is 11.2. The van der Waals surface area contributed by atoms with Crippen molar-refractivity contribution in [3.8, 4) is 5.75 Å². The number of hydrogen-bond acceptors (Lipinski definition) is 5. The Morgan fingerprint density at radius 3 is 2.93 bits per heavy atom. The fourth-order valence-corrected chi connectivity index (χ4v) is 0.946. The van der Waals surface area contributed by atoms with Gasteiger partial charge in [0, 0.05) is 0 Å². The monoisotopic (exact) mass is 213 g/mol. The van der Waals surface area contributed by atoms with E-state index < -0.39 is 17.6 Å². The average molecular weight is 213 g/mol. The average Bonchev–Trinajstić information content (AvgIpc) is 2.18. The van der Waals surface area contributed by atoms with Gasteiger partial charge in [-0.05, 0) is 6.92 Å². The van der Waals surface area contributed by atoms with Crippen molar-refractivity contribution in [3.05, 3.63) is 16.7 Å². The first-order chi connectivity index (χ1) is 7.06. The number of nitrogens with zero attached hydrogens (tertiary/aromatic N) is 1. The topological polar surface area (TPSA) is 104 Å². The lowest BCUT2D eigenvalue weighted by Crippen LogP contribution is -2.27. The van der Waals surface area contributed by atoms with Gasteiger partial charge in [-0.2, -0.15) is 0 Å². The summed E-state index contributed by atoms with van der Waals surface area (Å²) >= 11 is 0. The number of nitrogens with one attached hydrogen (secondary N) is 2. The summed E-state index contributed by atoms with van der Waals surface area (Å²) in [6.45, 7) is 1.44. The normalized spacial score (nSPS) is 11.9. The summed E-state index contributed by atoms with van der Waals surface area (Å²) in [5.41, 5.74) is -0.465. The zero-order valence-electron chi connectivity index (χ0n) is 8.27. The van der Waals surface area contributed by atoms with Gasteiger partial charge in [0.2, 0.25) is 5.75 Å². The molecule has 1 rings (SSSR count). The third-order valence-corrected chi connectivity index (χ3v) is 1.74. The van der Waals surface area contributed by atoms with Crippen molar-refractivity contribution in [2.24, 2.45) is 0 Å². The second-order valence-corrected chi connectivity index (χ2v) is 2.82. The Hall–Kier alpha value is -2.05. The smallest absolute Gasteiger partial charge is 0.325 e. The van der Waals surface area contributed by atoms with Gasteiger partial charge >= 0.3 is 5.97 Å². The molecule has 3 N–H and O–H groups in total. The number of H-pyrrole nitrogens is 1. The van der Waals surface area contributed by atoms with E-state index in [2.05, 4.69) is 15.3 Å². The number of aromatic nitrogens is 2. The van der Waals surface area contributed by atoms with Gasteiger partial charge in [0.05, 0.1) is 13.4 Å². The van der Waals surface area contributed by atoms with Crippen LogP contribution in [0.25, 0.3) is 0 Å². The summed E-state index contributed by atoms with van der Waals surface area (Å²) in [5, 5.41) is 11.2. The molecule has 1 unspecified atom stereocenters. The molecule has 82 valence electrons. The van der Waals surface area contributed by atoms with Crippen LogP contribution in [0.5, 0.6) is 5.75 Å². The molecule has 0 saturated carbocycles. The minimum Gasteiger partial charge on any atom is -0.489 e. The number of carbonyl (C=O) groups is 1. The Morgan fingerprint density at radius 1 is 1.73 bits per heavy atom. The Bertz CT molecular complexity index is 415. The predicted molar refractivity (Wildman–Crippen MR) is 52.1 cm³/mol. The minimum absolute atomic E-state index is 0.0365. The maximum Gasteiger partial charge on any atom is 0.325 e. The lowest BCUT2D eigenvalue weighted by atomic mass is 10.3. The molecule has 0 spiro atoms. The molecular weight excluding hydrogens is 202 g/mol. The Morgan fingerprint density at radius 2 is 2.40 bits per heavy atom. The van der Waals surface area contributed by atoms with Crippen molar-refractivity contribution < 1.29 is 14.6 Å². The van der Waals surface area contributed by atoms with Crippen molar-refractivity contribution in [1.29, 1.82) is 0 Å². The van der Waals surface area contributed by atoms with Crippen molar-refractivity contribution in [2.75, 3.05) is 12.4 Å². The molecule has 0 aliphatic carbocycles. The number of rotatable bonds is 4. The van der Waals surface area contributed by atoms with Gasteiger partial charge in [-0.15, -0.1) is 0 Å². The van der Waals surface area contributed by atoms with E-state index in [0.717, 1.165) is 0 Å². The number of carboxylic acid groups (broad SMARTS) is 1. The molecule has 0 aromatic carbocycles. The SMILES string of the molecule is COc1c(NC(C)C(=O)O)nc[nH]c1=O. The Labute approximate surface area is 85.1 Å². The zero-order valence-corrected chi connectivity index (χ0v) is 8.27. The first-order valence-corrected chi connectivity index (χ1v) is 4.17. The van der Waals surface area contributed by atoms with E-state index in [1.807, 2.05) is 0 Å². The molecule has 7 nitrogen and oxygen atoms in total. The summed E-state index contributed by atoms with van der Waals surface area (Å²) in [4.78, 5) is 27.9. The van der Waals surface area contributed by atoms with Gasteiger partial charge in [0.15, 0.2) is 5.82 Å². The number of carboxylic acids is 1. The molecule has 1 atom stereocenters. The second kappa shape index (κ2) is 4.45. The summed E-state index contributed by atoms with van der Waals surface area (Å²) in [6, 6.07) is -0.854. The van der Waals surface area contributed by atoms with Gasteiger partial charge in [0.25, 0.3) is 5.56 Å². The van der Waals surface area contributed by atoms with Crippen LogP contribution < -0.4 is 15.6 Å². The highest BCUT2D eigenvalue weighted by Crippen LogP contribution is 2.15. The van der Waals surface area contributed by atoms with Crippen molar-refractivity contribution in [3.63, 3.8) is 0 Å². The Balaban J connectivity index is 2.99. The number of ether oxygens (including phenoxy) is 1. The van der Waals surface area contributed by atoms with Crippen molar-refractivity contribution in [1.82, 2.24) is 9.97 Å². The molecular formula is C8H11N3O4. The fourth-order valence-electron chi connectivity index (χ4n) is 0.946. The lowest BCUT2D eigenvalue weighted by molar-refractivity contribution is -0.137. The van der Waals surface area contributed by atoms with Crippen LogP contribution in [0, 0.1) is 0 Å². The van der Waals surface area contributed by atoms with E-state index in [4.69, 9.17) is 9.84 Å². The van der Waals surface area contributed by atoms with Crippen LogP contribution in [-0.4, -0.2) is 34.2 Å². The molecule has 0 amide bonds. The van der Waals surface area contributed by atoms with Gasteiger partial charge in [-0.3, -0.25) is 9.59 Å². The van der Waals surface area contributed by atoms with Crippen LogP contribution in [0.3, 0.4) is 0 Å². The number of methoxy groups -OCH3 is 1. The third kappa shape index (κ3) is 2.46. The number of aromatic amines is 1. The minimum atomic E-state index is -1.04. The molecule has 0 aliphatic rings. The molecule has 7 heteroatoms. The van der Waals surface area contributed by atoms with Crippen LogP contribution in [0.4, 0.5) is 5.82 Å². The summed E-state index contributed by atoms with van der Waals surface area (Å²) < 4.78 is 4.80. The molecule has 0 aliphatic heterocycles.